The quantitative estimate of drug-likeness (QED) is 0.639. The number of rotatable bonds is 5. The lowest BCUT2D eigenvalue weighted by molar-refractivity contribution is 0.588. The summed E-state index contributed by atoms with van der Waals surface area (Å²) in [6.45, 7) is 2.19. The molecule has 152 valence electrons. The fraction of sp³-hybridized carbons (Fsp3) is 0.200. The van der Waals surface area contributed by atoms with Crippen LogP contribution in [0.2, 0.25) is 0 Å². The molecule has 9 heteroatoms. The molecule has 0 amide bonds. The number of hydrogen-bond donors (Lipinski definition) is 1. The third-order valence-corrected chi connectivity index (χ3v) is 9.32. The van der Waals surface area contributed by atoms with Gasteiger partial charge in [0.15, 0.2) is 0 Å². The molecule has 0 spiro atoms. The minimum Gasteiger partial charge on any atom is -0.280 e. The first kappa shape index (κ1) is 19.9. The summed E-state index contributed by atoms with van der Waals surface area (Å²) in [7, 11) is -7.45. The molecule has 2 aromatic carbocycles. The van der Waals surface area contributed by atoms with Gasteiger partial charge in [-0.2, -0.15) is 0 Å². The Kier molecular flexibility index (Phi) is 5.14. The highest BCUT2D eigenvalue weighted by Crippen LogP contribution is 2.35. The zero-order valence-electron chi connectivity index (χ0n) is 15.7. The second kappa shape index (κ2) is 7.47. The molecule has 0 aliphatic carbocycles. The molecule has 0 radical (unpaired) electrons. The molecule has 0 saturated heterocycles. The molecule has 4 rings (SSSR count). The van der Waals surface area contributed by atoms with Crippen LogP contribution >= 0.6 is 11.3 Å². The van der Waals surface area contributed by atoms with Crippen LogP contribution in [0.3, 0.4) is 0 Å². The second-order valence-corrected chi connectivity index (χ2v) is 11.6. The summed E-state index contributed by atoms with van der Waals surface area (Å²) in [6.07, 6.45) is 1.46. The highest BCUT2D eigenvalue weighted by Gasteiger charge is 2.30. The topological polar surface area (TPSA) is 83.6 Å². The molecule has 0 atom stereocenters. The van der Waals surface area contributed by atoms with Crippen molar-refractivity contribution in [2.24, 2.45) is 0 Å². The maximum Gasteiger partial charge on any atom is 0.273 e. The van der Waals surface area contributed by atoms with E-state index < -0.39 is 20.0 Å². The van der Waals surface area contributed by atoms with Gasteiger partial charge in [-0.25, -0.2) is 16.8 Å². The number of benzene rings is 2. The van der Waals surface area contributed by atoms with Crippen molar-refractivity contribution in [3.8, 4) is 0 Å². The maximum atomic E-state index is 13.1. The molecule has 1 N–H and O–H groups in total. The van der Waals surface area contributed by atoms with Gasteiger partial charge in [0.05, 0.1) is 16.3 Å². The minimum atomic E-state index is -3.77. The van der Waals surface area contributed by atoms with Gasteiger partial charge in [0.25, 0.3) is 20.0 Å². The average Bonchev–Trinajstić information content (AvgIpc) is 3.23. The van der Waals surface area contributed by atoms with Crippen LogP contribution in [-0.2, 0) is 26.5 Å². The van der Waals surface area contributed by atoms with Crippen LogP contribution < -0.4 is 9.03 Å². The normalized spacial score (nSPS) is 14.4. The van der Waals surface area contributed by atoms with Crippen molar-refractivity contribution < 1.29 is 16.8 Å². The number of hydrogen-bond acceptors (Lipinski definition) is 5. The summed E-state index contributed by atoms with van der Waals surface area (Å²) < 4.78 is 55.8. The molecular weight excluding hydrogens is 428 g/mol. The lowest BCUT2D eigenvalue weighted by atomic mass is 10.0. The van der Waals surface area contributed by atoms with Gasteiger partial charge in [-0.05, 0) is 66.6 Å². The molecule has 1 aliphatic rings. The van der Waals surface area contributed by atoms with Gasteiger partial charge in [0, 0.05) is 6.54 Å². The standard InChI is InChI=1S/C20H20N2O4S3/c1-15-5-2-7-18(13-15)28(23,24)21-17-10-9-16-6-3-11-22(19(16)14-17)29(25,26)20-8-4-12-27-20/h2,4-5,7-10,12-14,21H,3,6,11H2,1H3. The summed E-state index contributed by atoms with van der Waals surface area (Å²) in [6, 6.07) is 15.0. The fourth-order valence-corrected chi connectivity index (χ4v) is 7.16. The Morgan fingerprint density at radius 1 is 1.00 bits per heavy atom. The van der Waals surface area contributed by atoms with Gasteiger partial charge in [-0.1, -0.05) is 24.3 Å². The first-order valence-electron chi connectivity index (χ1n) is 9.06. The molecular formula is C20H20N2O4S3. The molecule has 0 fully saturated rings. The monoisotopic (exact) mass is 448 g/mol. The van der Waals surface area contributed by atoms with E-state index in [0.717, 1.165) is 17.5 Å². The van der Waals surface area contributed by atoms with Crippen LogP contribution in [-0.4, -0.2) is 23.4 Å². The van der Waals surface area contributed by atoms with Crippen molar-refractivity contribution in [1.82, 2.24) is 0 Å². The third kappa shape index (κ3) is 3.90. The van der Waals surface area contributed by atoms with Gasteiger partial charge in [0.1, 0.15) is 4.21 Å². The number of nitrogens with zero attached hydrogens (tertiary/aromatic N) is 1. The molecule has 3 aromatic rings. The predicted molar refractivity (Wildman–Crippen MR) is 116 cm³/mol. The number of sulfonamides is 2. The SMILES string of the molecule is Cc1cccc(S(=O)(=O)Nc2ccc3c(c2)N(S(=O)(=O)c2cccs2)CCC3)c1. The number of fused-ring (bicyclic) bond motifs is 1. The molecule has 0 saturated carbocycles. The van der Waals surface area contributed by atoms with Crippen molar-refractivity contribution in [1.29, 1.82) is 0 Å². The van der Waals surface area contributed by atoms with Crippen LogP contribution in [0.25, 0.3) is 0 Å². The molecule has 1 aliphatic heterocycles. The van der Waals surface area contributed by atoms with E-state index in [-0.39, 0.29) is 9.10 Å². The Hall–Kier alpha value is -2.36. The maximum absolute atomic E-state index is 13.1. The second-order valence-electron chi connectivity index (χ2n) is 6.88. The molecule has 6 nitrogen and oxygen atoms in total. The Morgan fingerprint density at radius 3 is 2.55 bits per heavy atom. The van der Waals surface area contributed by atoms with Crippen molar-refractivity contribution >= 4 is 42.8 Å². The first-order chi connectivity index (χ1) is 13.8. The van der Waals surface area contributed by atoms with Crippen LogP contribution in [0.15, 0.2) is 69.1 Å². The van der Waals surface area contributed by atoms with E-state index in [1.807, 2.05) is 13.0 Å². The van der Waals surface area contributed by atoms with Gasteiger partial charge >= 0.3 is 0 Å². The van der Waals surface area contributed by atoms with Crippen LogP contribution in [0, 0.1) is 6.92 Å². The van der Waals surface area contributed by atoms with Gasteiger partial charge in [-0.3, -0.25) is 9.03 Å². The molecule has 0 bridgehead atoms. The van der Waals surface area contributed by atoms with Gasteiger partial charge in [-0.15, -0.1) is 11.3 Å². The summed E-state index contributed by atoms with van der Waals surface area (Å²) in [4.78, 5) is 0.165. The lowest BCUT2D eigenvalue weighted by Gasteiger charge is -2.30. The molecule has 2 heterocycles. The third-order valence-electron chi connectivity index (χ3n) is 4.75. The highest BCUT2D eigenvalue weighted by atomic mass is 32.2. The molecule has 29 heavy (non-hydrogen) atoms. The lowest BCUT2D eigenvalue weighted by Crippen LogP contribution is -2.35. The Bertz CT molecular complexity index is 1250. The van der Waals surface area contributed by atoms with E-state index in [1.165, 1.54) is 21.7 Å². The predicted octanol–water partition coefficient (Wildman–Crippen LogP) is 4.00. The van der Waals surface area contributed by atoms with E-state index >= 15 is 0 Å². The molecule has 0 unspecified atom stereocenters. The Balaban J connectivity index is 1.71. The van der Waals surface area contributed by atoms with Crippen molar-refractivity contribution in [3.63, 3.8) is 0 Å². The van der Waals surface area contributed by atoms with E-state index in [4.69, 9.17) is 0 Å². The number of anilines is 2. The number of nitrogens with one attached hydrogen (secondary N) is 1. The number of thiophene rings is 1. The minimum absolute atomic E-state index is 0.165. The zero-order chi connectivity index (χ0) is 20.6. The van der Waals surface area contributed by atoms with E-state index in [9.17, 15) is 16.8 Å². The van der Waals surface area contributed by atoms with E-state index in [1.54, 1.807) is 47.8 Å². The summed E-state index contributed by atoms with van der Waals surface area (Å²) in [5.41, 5.74) is 2.58. The summed E-state index contributed by atoms with van der Waals surface area (Å²) >= 11 is 1.17. The van der Waals surface area contributed by atoms with E-state index in [2.05, 4.69) is 4.72 Å². The fourth-order valence-electron chi connectivity index (χ4n) is 3.37. The van der Waals surface area contributed by atoms with Crippen molar-refractivity contribution in [3.05, 3.63) is 71.1 Å². The number of aryl methyl sites for hydroxylation is 2. The Morgan fingerprint density at radius 2 is 1.83 bits per heavy atom. The van der Waals surface area contributed by atoms with E-state index in [0.29, 0.717) is 24.3 Å². The zero-order valence-corrected chi connectivity index (χ0v) is 18.1. The largest absolute Gasteiger partial charge is 0.280 e. The summed E-state index contributed by atoms with van der Waals surface area (Å²) in [5.74, 6) is 0. The van der Waals surface area contributed by atoms with Crippen molar-refractivity contribution in [2.75, 3.05) is 15.6 Å². The average molecular weight is 449 g/mol. The van der Waals surface area contributed by atoms with Crippen LogP contribution in [0.4, 0.5) is 11.4 Å². The molecule has 1 aromatic heterocycles. The van der Waals surface area contributed by atoms with Crippen LogP contribution in [0.1, 0.15) is 17.5 Å². The van der Waals surface area contributed by atoms with Crippen molar-refractivity contribution in [2.45, 2.75) is 28.9 Å². The smallest absolute Gasteiger partial charge is 0.273 e. The first-order valence-corrected chi connectivity index (χ1v) is 12.9. The highest BCUT2D eigenvalue weighted by molar-refractivity contribution is 7.94. The van der Waals surface area contributed by atoms with Gasteiger partial charge < -0.3 is 0 Å². The summed E-state index contributed by atoms with van der Waals surface area (Å²) in [5, 5.41) is 1.73. The Labute approximate surface area is 174 Å². The van der Waals surface area contributed by atoms with Crippen LogP contribution in [0.5, 0.6) is 0 Å². The van der Waals surface area contributed by atoms with Gasteiger partial charge in [0.2, 0.25) is 0 Å².